The lowest BCUT2D eigenvalue weighted by Crippen LogP contribution is -2.14. The van der Waals surface area contributed by atoms with Crippen molar-refractivity contribution < 1.29 is 14.3 Å². The summed E-state index contributed by atoms with van der Waals surface area (Å²) in [5.41, 5.74) is 4.42. The number of pyridine rings is 1. The SMILES string of the molecule is COCCOc1ncccc1NC(=O)c1ccc(-n2c(C)ccc2C)cc1. The van der Waals surface area contributed by atoms with Crippen LogP contribution in [0.15, 0.2) is 54.7 Å². The van der Waals surface area contributed by atoms with Crippen molar-refractivity contribution in [1.29, 1.82) is 0 Å². The molecule has 0 fully saturated rings. The molecule has 0 unspecified atom stereocenters. The lowest BCUT2D eigenvalue weighted by molar-refractivity contribution is 0.102. The molecule has 3 aromatic rings. The Morgan fingerprint density at radius 3 is 2.41 bits per heavy atom. The molecule has 0 radical (unpaired) electrons. The van der Waals surface area contributed by atoms with Gasteiger partial charge in [-0.25, -0.2) is 4.98 Å². The van der Waals surface area contributed by atoms with Crippen LogP contribution in [0.4, 0.5) is 5.69 Å². The minimum absolute atomic E-state index is 0.216. The monoisotopic (exact) mass is 365 g/mol. The van der Waals surface area contributed by atoms with E-state index in [9.17, 15) is 4.79 Å². The van der Waals surface area contributed by atoms with Gasteiger partial charge < -0.3 is 19.4 Å². The highest BCUT2D eigenvalue weighted by Crippen LogP contribution is 2.22. The predicted octanol–water partition coefficient (Wildman–Crippen LogP) is 3.77. The lowest BCUT2D eigenvalue weighted by atomic mass is 10.2. The van der Waals surface area contributed by atoms with Crippen molar-refractivity contribution in [1.82, 2.24) is 9.55 Å². The number of anilines is 1. The maximum absolute atomic E-state index is 12.6. The first-order chi connectivity index (χ1) is 13.1. The third-order valence-corrected chi connectivity index (χ3v) is 4.20. The van der Waals surface area contributed by atoms with Crippen molar-refractivity contribution in [2.45, 2.75) is 13.8 Å². The van der Waals surface area contributed by atoms with Gasteiger partial charge in [0.15, 0.2) is 0 Å². The molecule has 1 amide bonds. The van der Waals surface area contributed by atoms with Crippen LogP contribution in [-0.2, 0) is 4.74 Å². The minimum atomic E-state index is -0.216. The number of carbonyl (C=O) groups excluding carboxylic acids is 1. The number of amides is 1. The number of rotatable bonds is 7. The first-order valence-corrected chi connectivity index (χ1v) is 8.73. The highest BCUT2D eigenvalue weighted by Gasteiger charge is 2.12. The maximum Gasteiger partial charge on any atom is 0.255 e. The first-order valence-electron chi connectivity index (χ1n) is 8.73. The van der Waals surface area contributed by atoms with Crippen LogP contribution in [-0.4, -0.2) is 35.8 Å². The van der Waals surface area contributed by atoms with Gasteiger partial charge in [0.25, 0.3) is 5.91 Å². The van der Waals surface area contributed by atoms with Gasteiger partial charge in [-0.2, -0.15) is 0 Å². The largest absolute Gasteiger partial charge is 0.474 e. The molecule has 0 bridgehead atoms. The summed E-state index contributed by atoms with van der Waals surface area (Å²) in [4.78, 5) is 16.8. The molecule has 1 aromatic carbocycles. The fourth-order valence-electron chi connectivity index (χ4n) is 2.85. The molecule has 0 saturated carbocycles. The number of aromatic nitrogens is 2. The van der Waals surface area contributed by atoms with Crippen LogP contribution in [0.5, 0.6) is 5.88 Å². The van der Waals surface area contributed by atoms with E-state index in [1.807, 2.05) is 24.3 Å². The number of nitrogens with one attached hydrogen (secondary N) is 1. The molecule has 0 atom stereocenters. The van der Waals surface area contributed by atoms with Gasteiger partial charge in [0.1, 0.15) is 12.3 Å². The quantitative estimate of drug-likeness (QED) is 0.648. The van der Waals surface area contributed by atoms with E-state index in [-0.39, 0.29) is 5.91 Å². The number of hydrogen-bond acceptors (Lipinski definition) is 4. The Labute approximate surface area is 158 Å². The average Bonchev–Trinajstić information content (AvgIpc) is 3.02. The van der Waals surface area contributed by atoms with Gasteiger partial charge in [0.2, 0.25) is 5.88 Å². The summed E-state index contributed by atoms with van der Waals surface area (Å²) >= 11 is 0. The molecule has 0 spiro atoms. The minimum Gasteiger partial charge on any atom is -0.474 e. The highest BCUT2D eigenvalue weighted by molar-refractivity contribution is 6.04. The van der Waals surface area contributed by atoms with E-state index in [2.05, 4.69) is 40.8 Å². The van der Waals surface area contributed by atoms with Crippen LogP contribution in [0.2, 0.25) is 0 Å². The Morgan fingerprint density at radius 2 is 1.74 bits per heavy atom. The number of methoxy groups -OCH3 is 1. The molecular formula is C21H23N3O3. The Balaban J connectivity index is 1.74. The number of nitrogens with zero attached hydrogens (tertiary/aromatic N) is 2. The molecule has 0 aliphatic carbocycles. The van der Waals surface area contributed by atoms with E-state index in [1.54, 1.807) is 25.4 Å². The molecular weight excluding hydrogens is 342 g/mol. The first kappa shape index (κ1) is 18.7. The van der Waals surface area contributed by atoms with Crippen LogP contribution >= 0.6 is 0 Å². The van der Waals surface area contributed by atoms with Crippen molar-refractivity contribution in [3.8, 4) is 11.6 Å². The van der Waals surface area contributed by atoms with Gasteiger partial charge in [0, 0.05) is 35.9 Å². The summed E-state index contributed by atoms with van der Waals surface area (Å²) < 4.78 is 12.7. The van der Waals surface area contributed by atoms with Crippen LogP contribution in [0.25, 0.3) is 5.69 Å². The molecule has 0 aliphatic heterocycles. The van der Waals surface area contributed by atoms with Crippen molar-refractivity contribution in [3.63, 3.8) is 0 Å². The Hall–Kier alpha value is -3.12. The summed E-state index contributed by atoms with van der Waals surface area (Å²) in [6, 6.07) is 15.2. The summed E-state index contributed by atoms with van der Waals surface area (Å²) in [6.07, 6.45) is 1.62. The molecule has 2 heterocycles. The van der Waals surface area contributed by atoms with Crippen LogP contribution < -0.4 is 10.1 Å². The number of benzene rings is 1. The topological polar surface area (TPSA) is 65.4 Å². The van der Waals surface area contributed by atoms with Crippen LogP contribution in [0.3, 0.4) is 0 Å². The number of carbonyl (C=O) groups is 1. The van der Waals surface area contributed by atoms with E-state index in [0.717, 1.165) is 17.1 Å². The van der Waals surface area contributed by atoms with E-state index < -0.39 is 0 Å². The fraction of sp³-hybridized carbons (Fsp3) is 0.238. The highest BCUT2D eigenvalue weighted by atomic mass is 16.5. The van der Waals surface area contributed by atoms with Gasteiger partial charge in [-0.3, -0.25) is 4.79 Å². The van der Waals surface area contributed by atoms with Crippen molar-refractivity contribution in [2.24, 2.45) is 0 Å². The van der Waals surface area contributed by atoms with Crippen molar-refractivity contribution >= 4 is 11.6 Å². The summed E-state index contributed by atoms with van der Waals surface area (Å²) in [5.74, 6) is 0.158. The Morgan fingerprint density at radius 1 is 1.04 bits per heavy atom. The smallest absolute Gasteiger partial charge is 0.255 e. The van der Waals surface area contributed by atoms with E-state index >= 15 is 0 Å². The van der Waals surface area contributed by atoms with Gasteiger partial charge in [0.05, 0.1) is 6.61 Å². The molecule has 2 aromatic heterocycles. The zero-order chi connectivity index (χ0) is 19.2. The van der Waals surface area contributed by atoms with E-state index in [1.165, 1.54) is 0 Å². The second-order valence-electron chi connectivity index (χ2n) is 6.15. The van der Waals surface area contributed by atoms with Crippen LogP contribution in [0, 0.1) is 13.8 Å². The summed E-state index contributed by atoms with van der Waals surface area (Å²) in [7, 11) is 1.60. The molecule has 0 saturated heterocycles. The normalized spacial score (nSPS) is 10.6. The average molecular weight is 365 g/mol. The summed E-state index contributed by atoms with van der Waals surface area (Å²) in [5, 5.41) is 2.86. The molecule has 6 nitrogen and oxygen atoms in total. The number of aryl methyl sites for hydroxylation is 2. The molecule has 27 heavy (non-hydrogen) atoms. The second-order valence-corrected chi connectivity index (χ2v) is 6.15. The van der Waals surface area contributed by atoms with E-state index in [0.29, 0.717) is 30.3 Å². The number of hydrogen-bond donors (Lipinski definition) is 1. The molecule has 1 N–H and O–H groups in total. The van der Waals surface area contributed by atoms with Gasteiger partial charge >= 0.3 is 0 Å². The summed E-state index contributed by atoms with van der Waals surface area (Å²) in [6.45, 7) is 4.92. The van der Waals surface area contributed by atoms with Gasteiger partial charge in [-0.1, -0.05) is 0 Å². The van der Waals surface area contributed by atoms with Gasteiger partial charge in [-0.15, -0.1) is 0 Å². The zero-order valence-electron chi connectivity index (χ0n) is 15.7. The molecule has 0 aliphatic rings. The predicted molar refractivity (Wildman–Crippen MR) is 105 cm³/mol. The third kappa shape index (κ3) is 4.35. The third-order valence-electron chi connectivity index (χ3n) is 4.20. The Kier molecular flexibility index (Phi) is 5.88. The molecule has 3 rings (SSSR count). The fourth-order valence-corrected chi connectivity index (χ4v) is 2.85. The zero-order valence-corrected chi connectivity index (χ0v) is 15.7. The number of ether oxygens (including phenoxy) is 2. The van der Waals surface area contributed by atoms with Crippen molar-refractivity contribution in [3.05, 3.63) is 71.7 Å². The lowest BCUT2D eigenvalue weighted by Gasteiger charge is -2.12. The molecule has 6 heteroatoms. The van der Waals surface area contributed by atoms with E-state index in [4.69, 9.17) is 9.47 Å². The van der Waals surface area contributed by atoms with Crippen LogP contribution in [0.1, 0.15) is 21.7 Å². The standard InChI is InChI=1S/C21H23N3O3/c1-15-6-7-16(2)24(15)18-10-8-17(9-11-18)20(25)23-19-5-4-12-22-21(19)27-14-13-26-3/h4-12H,13-14H2,1-3H3,(H,23,25). The van der Waals surface area contributed by atoms with Crippen molar-refractivity contribution in [2.75, 3.05) is 25.6 Å². The molecule has 140 valence electrons. The maximum atomic E-state index is 12.6. The van der Waals surface area contributed by atoms with Gasteiger partial charge in [-0.05, 0) is 62.4 Å². The second kappa shape index (κ2) is 8.51. The Bertz CT molecular complexity index is 897.